The topological polar surface area (TPSA) is 32.7 Å². The van der Waals surface area contributed by atoms with Crippen molar-refractivity contribution in [2.24, 2.45) is 17.3 Å². The number of morpholine rings is 1. The highest BCUT2D eigenvalue weighted by Gasteiger charge is 2.48. The van der Waals surface area contributed by atoms with Crippen LogP contribution in [0.5, 0.6) is 0 Å². The summed E-state index contributed by atoms with van der Waals surface area (Å²) in [5.41, 5.74) is 3.72. The Labute approximate surface area is 172 Å². The standard InChI is InChI=1S/C25H41NO2/c1-25-13-3-6-21(10-9-20-5-2-8-23(27)19-20)24(25)12-11-22(25)7-4-14-26-15-17-28-18-16-26/h9-10,22-24,27H,2-8,11-19H2,1H3/b20-9-,21-10+/t22-,23?,24?,25?/m0/s1. The second-order valence-corrected chi connectivity index (χ2v) is 10.1. The SMILES string of the molecule is CC12CCC/C(=C\C=C3\CCCC(O)C3)C1CC[C@@H]2CCCN1CCOCC1. The summed E-state index contributed by atoms with van der Waals surface area (Å²) in [5, 5.41) is 9.95. The van der Waals surface area contributed by atoms with Crippen LogP contribution in [0.4, 0.5) is 0 Å². The summed E-state index contributed by atoms with van der Waals surface area (Å²) < 4.78 is 5.48. The minimum atomic E-state index is -0.0997. The van der Waals surface area contributed by atoms with Gasteiger partial charge in [0.05, 0.1) is 19.3 Å². The molecule has 0 spiro atoms. The molecule has 3 aliphatic carbocycles. The predicted octanol–water partition coefficient (Wildman–Crippen LogP) is 5.10. The van der Waals surface area contributed by atoms with E-state index in [0.717, 1.165) is 57.4 Å². The largest absolute Gasteiger partial charge is 0.393 e. The van der Waals surface area contributed by atoms with E-state index in [1.165, 1.54) is 63.5 Å². The average Bonchev–Trinajstić information content (AvgIpc) is 3.04. The summed E-state index contributed by atoms with van der Waals surface area (Å²) in [7, 11) is 0. The fraction of sp³-hybridized carbons (Fsp3) is 0.840. The van der Waals surface area contributed by atoms with E-state index >= 15 is 0 Å². The van der Waals surface area contributed by atoms with Crippen LogP contribution < -0.4 is 0 Å². The number of rotatable bonds is 5. The molecule has 0 aromatic heterocycles. The van der Waals surface area contributed by atoms with Gasteiger partial charge in [-0.25, -0.2) is 0 Å². The number of aliphatic hydroxyl groups excluding tert-OH is 1. The van der Waals surface area contributed by atoms with Crippen molar-refractivity contribution in [3.05, 3.63) is 23.3 Å². The Morgan fingerprint density at radius 2 is 1.96 bits per heavy atom. The lowest BCUT2D eigenvalue weighted by Gasteiger charge is -2.42. The van der Waals surface area contributed by atoms with Gasteiger partial charge in [0.2, 0.25) is 0 Å². The molecule has 4 atom stereocenters. The fourth-order valence-corrected chi connectivity index (χ4v) is 6.65. The van der Waals surface area contributed by atoms with Crippen molar-refractivity contribution in [3.63, 3.8) is 0 Å². The van der Waals surface area contributed by atoms with Crippen molar-refractivity contribution in [1.29, 1.82) is 0 Å². The Bertz CT molecular complexity index is 577. The van der Waals surface area contributed by atoms with E-state index < -0.39 is 0 Å². The van der Waals surface area contributed by atoms with Gasteiger partial charge in [0.25, 0.3) is 0 Å². The van der Waals surface area contributed by atoms with Gasteiger partial charge in [-0.3, -0.25) is 4.90 Å². The van der Waals surface area contributed by atoms with Crippen LogP contribution in [-0.4, -0.2) is 49.0 Å². The van der Waals surface area contributed by atoms with Crippen molar-refractivity contribution < 1.29 is 9.84 Å². The Morgan fingerprint density at radius 3 is 2.79 bits per heavy atom. The molecule has 158 valence electrons. The summed E-state index contributed by atoms with van der Waals surface area (Å²) in [6.45, 7) is 7.96. The number of nitrogens with zero attached hydrogens (tertiary/aromatic N) is 1. The van der Waals surface area contributed by atoms with E-state index in [9.17, 15) is 5.11 Å². The highest BCUT2D eigenvalue weighted by atomic mass is 16.5. The van der Waals surface area contributed by atoms with Crippen LogP contribution in [0.15, 0.2) is 23.3 Å². The summed E-state index contributed by atoms with van der Waals surface area (Å²) >= 11 is 0. The van der Waals surface area contributed by atoms with E-state index in [-0.39, 0.29) is 6.10 Å². The minimum absolute atomic E-state index is 0.0997. The van der Waals surface area contributed by atoms with Crippen LogP contribution in [0, 0.1) is 17.3 Å². The molecule has 0 aromatic rings. The van der Waals surface area contributed by atoms with Crippen LogP contribution >= 0.6 is 0 Å². The van der Waals surface area contributed by atoms with E-state index in [2.05, 4.69) is 24.0 Å². The van der Waals surface area contributed by atoms with Gasteiger partial charge in [-0.05, 0) is 94.4 Å². The number of fused-ring (bicyclic) bond motifs is 1. The van der Waals surface area contributed by atoms with Gasteiger partial charge in [-0.15, -0.1) is 0 Å². The molecule has 1 aliphatic heterocycles. The van der Waals surface area contributed by atoms with Crippen LogP contribution in [0.1, 0.15) is 77.6 Å². The third-order valence-corrected chi connectivity index (χ3v) is 8.36. The molecule has 1 heterocycles. The van der Waals surface area contributed by atoms with E-state index in [0.29, 0.717) is 5.41 Å². The highest BCUT2D eigenvalue weighted by molar-refractivity contribution is 5.25. The molecule has 3 saturated carbocycles. The molecular formula is C25H41NO2. The lowest BCUT2D eigenvalue weighted by Crippen LogP contribution is -2.37. The van der Waals surface area contributed by atoms with Gasteiger partial charge in [0.15, 0.2) is 0 Å². The molecule has 0 amide bonds. The third-order valence-electron chi connectivity index (χ3n) is 8.36. The first-order chi connectivity index (χ1) is 13.6. The predicted molar refractivity (Wildman–Crippen MR) is 115 cm³/mol. The molecule has 3 heteroatoms. The maximum atomic E-state index is 9.95. The quantitative estimate of drug-likeness (QED) is 0.712. The third kappa shape index (κ3) is 4.74. The van der Waals surface area contributed by atoms with Crippen LogP contribution in [-0.2, 0) is 4.74 Å². The Kier molecular flexibility index (Phi) is 6.96. The second-order valence-electron chi connectivity index (χ2n) is 10.1. The maximum Gasteiger partial charge on any atom is 0.0594 e. The first-order valence-electron chi connectivity index (χ1n) is 12.0. The van der Waals surface area contributed by atoms with Crippen LogP contribution in [0.2, 0.25) is 0 Å². The Hall–Kier alpha value is -0.640. The first-order valence-corrected chi connectivity index (χ1v) is 12.0. The Balaban J connectivity index is 1.34. The zero-order valence-electron chi connectivity index (χ0n) is 18.0. The van der Waals surface area contributed by atoms with E-state index in [1.807, 2.05) is 0 Å². The monoisotopic (exact) mass is 387 g/mol. The van der Waals surface area contributed by atoms with Crippen molar-refractivity contribution in [2.75, 3.05) is 32.8 Å². The molecule has 4 rings (SSSR count). The lowest BCUT2D eigenvalue weighted by molar-refractivity contribution is 0.0351. The number of ether oxygens (including phenoxy) is 1. The fourth-order valence-electron chi connectivity index (χ4n) is 6.65. The van der Waals surface area contributed by atoms with E-state index in [1.54, 1.807) is 5.57 Å². The molecule has 3 nitrogen and oxygen atoms in total. The van der Waals surface area contributed by atoms with Gasteiger partial charge in [-0.1, -0.05) is 30.2 Å². The first kappa shape index (κ1) is 20.6. The summed E-state index contributed by atoms with van der Waals surface area (Å²) in [6.07, 6.45) is 18.7. The Morgan fingerprint density at radius 1 is 1.11 bits per heavy atom. The van der Waals surface area contributed by atoms with E-state index in [4.69, 9.17) is 4.74 Å². The summed E-state index contributed by atoms with van der Waals surface area (Å²) in [6, 6.07) is 0. The van der Waals surface area contributed by atoms with Crippen molar-refractivity contribution in [3.8, 4) is 0 Å². The zero-order valence-corrected chi connectivity index (χ0v) is 18.0. The number of allylic oxidation sites excluding steroid dienone is 3. The number of hydrogen-bond acceptors (Lipinski definition) is 3. The molecule has 0 radical (unpaired) electrons. The molecule has 1 N–H and O–H groups in total. The average molecular weight is 388 g/mol. The molecule has 1 saturated heterocycles. The maximum absolute atomic E-state index is 9.95. The minimum Gasteiger partial charge on any atom is -0.393 e. The molecule has 3 unspecified atom stereocenters. The molecule has 28 heavy (non-hydrogen) atoms. The van der Waals surface area contributed by atoms with Gasteiger partial charge >= 0.3 is 0 Å². The zero-order chi connectivity index (χ0) is 19.4. The van der Waals surface area contributed by atoms with Gasteiger partial charge < -0.3 is 9.84 Å². The second kappa shape index (κ2) is 9.45. The van der Waals surface area contributed by atoms with Gasteiger partial charge in [0.1, 0.15) is 0 Å². The summed E-state index contributed by atoms with van der Waals surface area (Å²) in [5.74, 6) is 1.71. The van der Waals surface area contributed by atoms with Crippen molar-refractivity contribution >= 4 is 0 Å². The molecule has 4 fully saturated rings. The lowest BCUT2D eigenvalue weighted by atomic mass is 9.62. The molecular weight excluding hydrogens is 346 g/mol. The van der Waals surface area contributed by atoms with Gasteiger partial charge in [-0.2, -0.15) is 0 Å². The van der Waals surface area contributed by atoms with Crippen LogP contribution in [0.25, 0.3) is 0 Å². The molecule has 4 aliphatic rings. The molecule has 0 bridgehead atoms. The number of aliphatic hydroxyl groups is 1. The highest BCUT2D eigenvalue weighted by Crippen LogP contribution is 2.58. The molecule has 0 aromatic carbocycles. The van der Waals surface area contributed by atoms with Gasteiger partial charge in [0, 0.05) is 13.1 Å². The summed E-state index contributed by atoms with van der Waals surface area (Å²) in [4.78, 5) is 2.59. The number of hydrogen-bond donors (Lipinski definition) is 1. The normalized spacial score (nSPS) is 40.1. The van der Waals surface area contributed by atoms with Crippen LogP contribution in [0.3, 0.4) is 0 Å². The smallest absolute Gasteiger partial charge is 0.0594 e. The van der Waals surface area contributed by atoms with Crippen molar-refractivity contribution in [2.45, 2.75) is 83.7 Å². The van der Waals surface area contributed by atoms with Crippen molar-refractivity contribution in [1.82, 2.24) is 4.90 Å².